The molecule has 8 heteroatoms. The normalized spacial score (nSPS) is 40.1. The van der Waals surface area contributed by atoms with E-state index in [4.69, 9.17) is 18.6 Å². The Morgan fingerprint density at radius 3 is 2.58 bits per heavy atom. The molecule has 2 aliphatic carbocycles. The maximum Gasteiger partial charge on any atom is 0.345 e. The molecule has 0 bridgehead atoms. The average molecular weight is 546 g/mol. The molecule has 1 saturated heterocycles. The van der Waals surface area contributed by atoms with Crippen LogP contribution >= 0.6 is 0 Å². The first kappa shape index (κ1) is 25.9. The Morgan fingerprint density at radius 2 is 1.82 bits per heavy atom. The van der Waals surface area contributed by atoms with Gasteiger partial charge in [-0.25, -0.2) is 4.79 Å². The number of rotatable bonds is 2. The van der Waals surface area contributed by atoms with Crippen molar-refractivity contribution in [2.45, 2.75) is 70.2 Å². The number of nitrogens with zero attached hydrogens (tertiary/aromatic N) is 1. The molecule has 4 heterocycles. The van der Waals surface area contributed by atoms with Crippen LogP contribution in [0.2, 0.25) is 0 Å². The first-order valence-electron chi connectivity index (χ1n) is 14.1. The predicted molar refractivity (Wildman–Crippen MR) is 145 cm³/mol. The zero-order valence-electron chi connectivity index (χ0n) is 22.9. The molecule has 8 nitrogen and oxygen atoms in total. The molecule has 7 rings (SSSR count). The summed E-state index contributed by atoms with van der Waals surface area (Å²) < 4.78 is 25.1. The Kier molecular flexibility index (Phi) is 5.81. The van der Waals surface area contributed by atoms with Crippen LogP contribution in [0.1, 0.15) is 63.6 Å². The lowest BCUT2D eigenvalue weighted by Gasteiger charge is -2.67. The van der Waals surface area contributed by atoms with Crippen molar-refractivity contribution < 1.29 is 28.8 Å². The monoisotopic (exact) mass is 545 g/mol. The Labute approximate surface area is 232 Å². The molecule has 0 spiro atoms. The Balaban J connectivity index is 1.26. The highest BCUT2D eigenvalue weighted by Gasteiger charge is 2.70. The van der Waals surface area contributed by atoms with Crippen LogP contribution in [-0.2, 0) is 9.47 Å². The van der Waals surface area contributed by atoms with Crippen molar-refractivity contribution in [3.05, 3.63) is 82.5 Å². The lowest BCUT2D eigenvalue weighted by Crippen LogP contribution is -2.71. The molecule has 9 atom stereocenters. The van der Waals surface area contributed by atoms with E-state index < -0.39 is 46.5 Å². The van der Waals surface area contributed by atoms with E-state index in [1.54, 1.807) is 30.6 Å². The second-order valence-corrected chi connectivity index (χ2v) is 12.7. The van der Waals surface area contributed by atoms with Crippen molar-refractivity contribution in [1.82, 2.24) is 4.98 Å². The summed E-state index contributed by atoms with van der Waals surface area (Å²) in [6, 6.07) is 15.1. The minimum atomic E-state index is -1.17. The van der Waals surface area contributed by atoms with Crippen molar-refractivity contribution in [2.24, 2.45) is 22.7 Å². The van der Waals surface area contributed by atoms with Crippen LogP contribution in [0.5, 0.6) is 5.75 Å². The van der Waals surface area contributed by atoms with Gasteiger partial charge < -0.3 is 28.8 Å². The van der Waals surface area contributed by atoms with E-state index >= 15 is 0 Å². The Hall–Kier alpha value is -3.04. The smallest absolute Gasteiger partial charge is 0.345 e. The third kappa shape index (κ3) is 3.59. The molecule has 4 aliphatic rings. The van der Waals surface area contributed by atoms with Crippen LogP contribution in [0.25, 0.3) is 11.3 Å². The molecule has 4 unspecified atom stereocenters. The van der Waals surface area contributed by atoms with E-state index in [1.165, 1.54) is 0 Å². The maximum atomic E-state index is 13.3. The van der Waals surface area contributed by atoms with Gasteiger partial charge in [0.25, 0.3) is 0 Å². The van der Waals surface area contributed by atoms with Crippen molar-refractivity contribution in [3.63, 3.8) is 0 Å². The minimum absolute atomic E-state index is 0.0370. The molecule has 40 heavy (non-hydrogen) atoms. The summed E-state index contributed by atoms with van der Waals surface area (Å²) in [5.74, 6) is -0.0292. The van der Waals surface area contributed by atoms with Gasteiger partial charge >= 0.3 is 5.63 Å². The molecule has 0 radical (unpaired) electrons. The van der Waals surface area contributed by atoms with E-state index in [9.17, 15) is 15.0 Å². The quantitative estimate of drug-likeness (QED) is 0.472. The lowest BCUT2D eigenvalue weighted by molar-refractivity contribution is -0.330. The first-order valence-corrected chi connectivity index (χ1v) is 14.1. The summed E-state index contributed by atoms with van der Waals surface area (Å²) in [5.41, 5.74) is -0.880. The molecule has 1 aromatic carbocycles. The number of hydrogen-bond donors (Lipinski definition) is 2. The second-order valence-electron chi connectivity index (χ2n) is 12.7. The van der Waals surface area contributed by atoms with Crippen molar-refractivity contribution >= 4 is 0 Å². The van der Waals surface area contributed by atoms with Crippen LogP contribution in [0.3, 0.4) is 0 Å². The highest BCUT2D eigenvalue weighted by Crippen LogP contribution is 2.68. The highest BCUT2D eigenvalue weighted by atomic mass is 16.7. The van der Waals surface area contributed by atoms with Gasteiger partial charge in [0.15, 0.2) is 6.29 Å². The van der Waals surface area contributed by atoms with Gasteiger partial charge in [0, 0.05) is 40.9 Å². The van der Waals surface area contributed by atoms with Gasteiger partial charge in [-0.3, -0.25) is 4.98 Å². The fourth-order valence-electron chi connectivity index (χ4n) is 8.49. The number of aliphatic hydroxyl groups is 2. The number of ether oxygens (including phenoxy) is 3. The Morgan fingerprint density at radius 1 is 1.02 bits per heavy atom. The van der Waals surface area contributed by atoms with Gasteiger partial charge in [0.1, 0.15) is 22.7 Å². The molecule has 3 aromatic rings. The van der Waals surface area contributed by atoms with Crippen LogP contribution in [0.4, 0.5) is 0 Å². The van der Waals surface area contributed by atoms with Crippen molar-refractivity contribution in [2.75, 3.05) is 6.61 Å². The number of pyridine rings is 1. The zero-order chi connectivity index (χ0) is 27.9. The molecule has 2 aromatic heterocycles. The molecule has 210 valence electrons. The average Bonchev–Trinajstić information content (AvgIpc) is 2.94. The molecular weight excluding hydrogens is 510 g/mol. The summed E-state index contributed by atoms with van der Waals surface area (Å²) in [6.45, 7) is 6.68. The van der Waals surface area contributed by atoms with Gasteiger partial charge in [-0.1, -0.05) is 44.2 Å². The number of benzene rings is 1. The summed E-state index contributed by atoms with van der Waals surface area (Å²) in [6.07, 6.45) is 2.69. The fraction of sp³-hybridized carbons (Fsp3) is 0.500. The molecule has 0 amide bonds. The van der Waals surface area contributed by atoms with Crippen molar-refractivity contribution in [1.29, 1.82) is 0 Å². The molecule has 2 aliphatic heterocycles. The summed E-state index contributed by atoms with van der Waals surface area (Å²) in [7, 11) is 0. The molecule has 3 fully saturated rings. The third-order valence-corrected chi connectivity index (χ3v) is 10.5. The van der Waals surface area contributed by atoms with E-state index in [2.05, 4.69) is 18.8 Å². The molecule has 2 saturated carbocycles. The van der Waals surface area contributed by atoms with E-state index in [-0.39, 0.29) is 23.3 Å². The predicted octanol–water partition coefficient (Wildman–Crippen LogP) is 4.80. The summed E-state index contributed by atoms with van der Waals surface area (Å²) >= 11 is 0. The number of fused-ring (bicyclic) bond motifs is 6. The van der Waals surface area contributed by atoms with Crippen LogP contribution in [-0.4, -0.2) is 39.6 Å². The van der Waals surface area contributed by atoms with E-state index in [1.807, 2.05) is 37.3 Å². The topological polar surface area (TPSA) is 111 Å². The highest BCUT2D eigenvalue weighted by molar-refractivity contribution is 5.59. The zero-order valence-corrected chi connectivity index (χ0v) is 22.9. The van der Waals surface area contributed by atoms with Gasteiger partial charge in [-0.05, 0) is 49.7 Å². The SMILES string of the molecule is CC12CC[C@@H]3O[C@H](c4ccccc4)OC[C@@]3(C)C1C[C@H](O)C1(C)Oc3cc(-c4cccnc4)oc(=O)c3[C@H](O)C21. The van der Waals surface area contributed by atoms with Crippen LogP contribution in [0, 0.1) is 22.7 Å². The van der Waals surface area contributed by atoms with Gasteiger partial charge in [-0.2, -0.15) is 0 Å². The van der Waals surface area contributed by atoms with Gasteiger partial charge in [-0.15, -0.1) is 0 Å². The summed E-state index contributed by atoms with van der Waals surface area (Å²) in [5, 5.41) is 23.7. The summed E-state index contributed by atoms with van der Waals surface area (Å²) in [4.78, 5) is 17.4. The molecular formula is C32H35NO7. The minimum Gasteiger partial charge on any atom is -0.484 e. The van der Waals surface area contributed by atoms with Crippen LogP contribution < -0.4 is 10.4 Å². The second kappa shape index (κ2) is 8.98. The largest absolute Gasteiger partial charge is 0.484 e. The van der Waals surface area contributed by atoms with Gasteiger partial charge in [0.2, 0.25) is 0 Å². The molecule has 2 N–H and O–H groups in total. The van der Waals surface area contributed by atoms with E-state index in [0.717, 1.165) is 18.4 Å². The number of aromatic nitrogens is 1. The maximum absolute atomic E-state index is 13.3. The number of hydrogen-bond acceptors (Lipinski definition) is 8. The Bertz CT molecular complexity index is 1480. The first-order chi connectivity index (χ1) is 19.1. The van der Waals surface area contributed by atoms with Crippen LogP contribution in [0.15, 0.2) is 70.1 Å². The lowest BCUT2D eigenvalue weighted by atomic mass is 9.42. The van der Waals surface area contributed by atoms with Crippen molar-refractivity contribution in [3.8, 4) is 17.1 Å². The van der Waals surface area contributed by atoms with Gasteiger partial charge in [0.05, 0.1) is 24.9 Å². The third-order valence-electron chi connectivity index (χ3n) is 10.5. The van der Waals surface area contributed by atoms with E-state index in [0.29, 0.717) is 24.4 Å². The standard InChI is InChI=1S/C32H35NO7/c1-30-12-11-24-31(2,17-37-29(39-24)18-8-5-4-6-9-18)22(30)15-23(34)32(3)27(30)26(35)25-21(40-32)14-20(38-28(25)36)19-10-7-13-33-16-19/h4-10,13-14,16,22-24,26-27,29,34-35H,11-12,15,17H2,1-3H3/t22?,23-,24-,26-,27?,29+,30?,31-,32?/m0/s1. The number of aliphatic hydroxyl groups excluding tert-OH is 2. The fourth-order valence-corrected chi connectivity index (χ4v) is 8.49.